The highest BCUT2D eigenvalue weighted by Gasteiger charge is 2.08. The number of nitrogens with zero attached hydrogens (tertiary/aromatic N) is 4. The van der Waals surface area contributed by atoms with E-state index in [1.165, 1.54) is 17.7 Å². The largest absolute Gasteiger partial charge is 0.375 e. The quantitative estimate of drug-likeness (QED) is 0.776. The maximum Gasteiger partial charge on any atom is 0.180 e. The maximum absolute atomic E-state index is 5.53. The van der Waals surface area contributed by atoms with Crippen LogP contribution in [0.15, 0.2) is 11.7 Å². The van der Waals surface area contributed by atoms with Crippen molar-refractivity contribution in [3.63, 3.8) is 0 Å². The summed E-state index contributed by atoms with van der Waals surface area (Å²) in [6.07, 6.45) is 1.52. The fourth-order valence-electron chi connectivity index (χ4n) is 1.08. The van der Waals surface area contributed by atoms with Crippen molar-refractivity contribution in [1.82, 2.24) is 19.7 Å². The topological polar surface area (TPSA) is 69.6 Å². The van der Waals surface area contributed by atoms with Gasteiger partial charge in [0.05, 0.1) is 0 Å². The molecule has 68 valence electrons. The van der Waals surface area contributed by atoms with E-state index in [2.05, 4.69) is 15.1 Å². The Morgan fingerprint density at radius 1 is 1.62 bits per heavy atom. The van der Waals surface area contributed by atoms with E-state index in [1.807, 2.05) is 12.3 Å². The average Bonchev–Trinajstić information content (AvgIpc) is 2.71. The molecule has 0 fully saturated rings. The van der Waals surface area contributed by atoms with E-state index in [0.29, 0.717) is 5.13 Å². The molecule has 0 spiro atoms. The molecular formula is C7H9N5S. The summed E-state index contributed by atoms with van der Waals surface area (Å²) in [7, 11) is 0. The van der Waals surface area contributed by atoms with Gasteiger partial charge in [-0.05, 0) is 6.92 Å². The maximum atomic E-state index is 5.53. The first kappa shape index (κ1) is 8.18. The van der Waals surface area contributed by atoms with Gasteiger partial charge < -0.3 is 5.73 Å². The molecule has 0 unspecified atom stereocenters. The van der Waals surface area contributed by atoms with Crippen LogP contribution in [0.5, 0.6) is 0 Å². The van der Waals surface area contributed by atoms with E-state index in [0.717, 1.165) is 18.1 Å². The van der Waals surface area contributed by atoms with Crippen LogP contribution in [0.2, 0.25) is 0 Å². The second-order valence-electron chi connectivity index (χ2n) is 2.47. The molecule has 2 aromatic heterocycles. The van der Waals surface area contributed by atoms with Crippen molar-refractivity contribution in [2.45, 2.75) is 13.5 Å². The highest BCUT2D eigenvalue weighted by molar-refractivity contribution is 7.13. The Bertz CT molecular complexity index is 404. The minimum Gasteiger partial charge on any atom is -0.375 e. The van der Waals surface area contributed by atoms with Gasteiger partial charge in [-0.3, -0.25) is 0 Å². The molecule has 2 heterocycles. The van der Waals surface area contributed by atoms with Gasteiger partial charge in [-0.1, -0.05) is 0 Å². The molecule has 5 nitrogen and oxygen atoms in total. The van der Waals surface area contributed by atoms with Gasteiger partial charge in [-0.2, -0.15) is 5.10 Å². The Labute approximate surface area is 79.2 Å². The predicted molar refractivity (Wildman–Crippen MR) is 51.2 cm³/mol. The van der Waals surface area contributed by atoms with Crippen molar-refractivity contribution in [1.29, 1.82) is 0 Å². The third-order valence-corrected chi connectivity index (χ3v) is 2.34. The summed E-state index contributed by atoms with van der Waals surface area (Å²) in [5, 5.41) is 6.49. The Kier molecular flexibility index (Phi) is 1.97. The van der Waals surface area contributed by atoms with Crippen LogP contribution in [-0.4, -0.2) is 19.7 Å². The molecular weight excluding hydrogens is 186 g/mol. The van der Waals surface area contributed by atoms with Crippen molar-refractivity contribution >= 4 is 16.5 Å². The minimum atomic E-state index is 0.556. The van der Waals surface area contributed by atoms with Crippen LogP contribution in [0, 0.1) is 0 Å². The van der Waals surface area contributed by atoms with Gasteiger partial charge in [0, 0.05) is 11.9 Å². The fourth-order valence-corrected chi connectivity index (χ4v) is 1.63. The van der Waals surface area contributed by atoms with Crippen LogP contribution in [-0.2, 0) is 6.54 Å². The lowest BCUT2D eigenvalue weighted by Gasteiger charge is -1.97. The Morgan fingerprint density at radius 3 is 3.08 bits per heavy atom. The van der Waals surface area contributed by atoms with Gasteiger partial charge in [-0.15, -0.1) is 11.3 Å². The molecule has 2 N–H and O–H groups in total. The number of nitrogen functional groups attached to an aromatic ring is 1. The van der Waals surface area contributed by atoms with Gasteiger partial charge in [0.2, 0.25) is 0 Å². The van der Waals surface area contributed by atoms with Crippen LogP contribution < -0.4 is 5.73 Å². The molecule has 0 amide bonds. The van der Waals surface area contributed by atoms with Crippen LogP contribution in [0.4, 0.5) is 5.13 Å². The lowest BCUT2D eigenvalue weighted by Crippen LogP contribution is -1.99. The third kappa shape index (κ3) is 1.40. The molecule has 0 radical (unpaired) electrons. The van der Waals surface area contributed by atoms with E-state index < -0.39 is 0 Å². The summed E-state index contributed by atoms with van der Waals surface area (Å²) in [5.41, 5.74) is 6.32. The normalized spacial score (nSPS) is 10.5. The highest BCUT2D eigenvalue weighted by Crippen LogP contribution is 2.20. The summed E-state index contributed by atoms with van der Waals surface area (Å²) in [5.74, 6) is 0.774. The summed E-state index contributed by atoms with van der Waals surface area (Å²) < 4.78 is 1.79. The predicted octanol–water partition coefficient (Wildman–Crippen LogP) is 1.00. The Morgan fingerprint density at radius 2 is 2.46 bits per heavy atom. The molecule has 0 saturated carbocycles. The van der Waals surface area contributed by atoms with Crippen molar-refractivity contribution in [2.24, 2.45) is 0 Å². The zero-order valence-corrected chi connectivity index (χ0v) is 7.95. The summed E-state index contributed by atoms with van der Waals surface area (Å²) in [6, 6.07) is 0. The zero-order chi connectivity index (χ0) is 9.26. The number of rotatable bonds is 2. The zero-order valence-electron chi connectivity index (χ0n) is 7.14. The number of hydrogen-bond donors (Lipinski definition) is 1. The molecule has 0 aliphatic carbocycles. The monoisotopic (exact) mass is 195 g/mol. The molecule has 0 aliphatic rings. The smallest absolute Gasteiger partial charge is 0.180 e. The van der Waals surface area contributed by atoms with Gasteiger partial charge in [0.1, 0.15) is 12.0 Å². The summed E-state index contributed by atoms with van der Waals surface area (Å²) in [6.45, 7) is 2.79. The molecule has 0 aromatic carbocycles. The standard InChI is InChI=1S/C7H9N5S/c1-2-12-6(9-4-10-12)5-3-13-7(8)11-5/h3-4H,2H2,1H3,(H2,8,11). The third-order valence-electron chi connectivity index (χ3n) is 1.67. The van der Waals surface area contributed by atoms with Crippen molar-refractivity contribution in [2.75, 3.05) is 5.73 Å². The van der Waals surface area contributed by atoms with Gasteiger partial charge >= 0.3 is 0 Å². The number of anilines is 1. The van der Waals surface area contributed by atoms with Gasteiger partial charge in [-0.25, -0.2) is 14.6 Å². The average molecular weight is 195 g/mol. The number of aryl methyl sites for hydroxylation is 1. The van der Waals surface area contributed by atoms with Crippen molar-refractivity contribution in [3.8, 4) is 11.5 Å². The number of hydrogen-bond acceptors (Lipinski definition) is 5. The van der Waals surface area contributed by atoms with E-state index in [9.17, 15) is 0 Å². The fraction of sp³-hybridized carbons (Fsp3) is 0.286. The highest BCUT2D eigenvalue weighted by atomic mass is 32.1. The second-order valence-corrected chi connectivity index (χ2v) is 3.36. The second kappa shape index (κ2) is 3.14. The lowest BCUT2D eigenvalue weighted by molar-refractivity contribution is 0.664. The van der Waals surface area contributed by atoms with E-state index >= 15 is 0 Å². The number of aromatic nitrogens is 4. The number of thiazole rings is 1. The van der Waals surface area contributed by atoms with Gasteiger partial charge in [0.15, 0.2) is 11.0 Å². The van der Waals surface area contributed by atoms with E-state index in [4.69, 9.17) is 5.73 Å². The Hall–Kier alpha value is -1.43. The molecule has 0 aliphatic heterocycles. The molecule has 6 heteroatoms. The molecule has 0 atom stereocenters. The molecule has 2 rings (SSSR count). The first-order chi connectivity index (χ1) is 6.31. The molecule has 2 aromatic rings. The summed E-state index contributed by atoms with van der Waals surface area (Å²) >= 11 is 1.41. The molecule has 13 heavy (non-hydrogen) atoms. The van der Waals surface area contributed by atoms with Crippen LogP contribution in [0.3, 0.4) is 0 Å². The van der Waals surface area contributed by atoms with E-state index in [1.54, 1.807) is 4.68 Å². The van der Waals surface area contributed by atoms with E-state index in [-0.39, 0.29) is 0 Å². The SMILES string of the molecule is CCn1ncnc1-c1csc(N)n1. The minimum absolute atomic E-state index is 0.556. The first-order valence-electron chi connectivity index (χ1n) is 3.90. The Balaban J connectivity index is 2.45. The van der Waals surface area contributed by atoms with Crippen LogP contribution in [0.25, 0.3) is 11.5 Å². The lowest BCUT2D eigenvalue weighted by atomic mass is 10.4. The molecule has 0 bridgehead atoms. The first-order valence-corrected chi connectivity index (χ1v) is 4.78. The summed E-state index contributed by atoms with van der Waals surface area (Å²) in [4.78, 5) is 8.25. The van der Waals surface area contributed by atoms with Gasteiger partial charge in [0.25, 0.3) is 0 Å². The van der Waals surface area contributed by atoms with Crippen molar-refractivity contribution < 1.29 is 0 Å². The van der Waals surface area contributed by atoms with Crippen molar-refractivity contribution in [3.05, 3.63) is 11.7 Å². The van der Waals surface area contributed by atoms with Crippen LogP contribution in [0.1, 0.15) is 6.92 Å². The number of nitrogens with two attached hydrogens (primary N) is 1. The molecule has 0 saturated heterocycles. The van der Waals surface area contributed by atoms with Crippen LogP contribution >= 0.6 is 11.3 Å².